The van der Waals surface area contributed by atoms with Gasteiger partial charge in [-0.1, -0.05) is 6.42 Å². The Kier molecular flexibility index (Phi) is 3.58. The van der Waals surface area contributed by atoms with Crippen LogP contribution in [-0.4, -0.2) is 49.1 Å². The minimum absolute atomic E-state index is 1.14. The van der Waals surface area contributed by atoms with Crippen molar-refractivity contribution < 1.29 is 0 Å². The van der Waals surface area contributed by atoms with E-state index in [-0.39, 0.29) is 0 Å². The molecule has 2 saturated heterocycles. The van der Waals surface area contributed by atoms with E-state index < -0.39 is 0 Å². The number of piperidine rings is 1. The van der Waals surface area contributed by atoms with E-state index in [1.54, 1.807) is 0 Å². The van der Waals surface area contributed by atoms with Crippen LogP contribution in [0, 0.1) is 6.67 Å². The summed E-state index contributed by atoms with van der Waals surface area (Å²) in [5.74, 6) is 0. The predicted octanol–water partition coefficient (Wildman–Crippen LogP) is 0.497. The maximum Gasteiger partial charge on any atom is 0.0922 e. The van der Waals surface area contributed by atoms with Crippen LogP contribution < -0.4 is 5.32 Å². The molecule has 1 N–H and O–H groups in total. The molecule has 2 aliphatic rings. The molecule has 0 bridgehead atoms. The minimum Gasteiger partial charge on any atom is -0.314 e. The number of nitrogens with zero attached hydrogens (tertiary/aromatic N) is 2. The summed E-state index contributed by atoms with van der Waals surface area (Å²) in [4.78, 5) is 4.93. The third-order valence-electron chi connectivity index (χ3n) is 2.87. The lowest BCUT2D eigenvalue weighted by Crippen LogP contribution is -2.46. The fraction of sp³-hybridized carbons (Fsp3) is 0.900. The topological polar surface area (TPSA) is 18.5 Å². The van der Waals surface area contributed by atoms with Gasteiger partial charge in [-0.2, -0.15) is 0 Å². The van der Waals surface area contributed by atoms with Gasteiger partial charge in [0, 0.05) is 26.2 Å². The normalized spacial score (nSPS) is 27.7. The Hall–Kier alpha value is -0.120. The number of likely N-dealkylation sites (tertiary alicyclic amines) is 1. The predicted molar refractivity (Wildman–Crippen MR) is 54.2 cm³/mol. The molecule has 2 fully saturated rings. The second-order valence-corrected chi connectivity index (χ2v) is 4.00. The van der Waals surface area contributed by atoms with Crippen LogP contribution in [-0.2, 0) is 0 Å². The molecule has 0 unspecified atom stereocenters. The molecule has 0 aromatic rings. The highest BCUT2D eigenvalue weighted by Gasteiger charge is 2.16. The second-order valence-electron chi connectivity index (χ2n) is 4.00. The third kappa shape index (κ3) is 2.93. The van der Waals surface area contributed by atoms with Crippen LogP contribution in [0.2, 0.25) is 0 Å². The molecule has 2 aliphatic heterocycles. The minimum atomic E-state index is 1.14. The van der Waals surface area contributed by atoms with E-state index in [1.807, 2.05) is 0 Å². The zero-order chi connectivity index (χ0) is 8.93. The molecule has 1 radical (unpaired) electrons. The van der Waals surface area contributed by atoms with Crippen molar-refractivity contribution in [1.82, 2.24) is 15.1 Å². The van der Waals surface area contributed by atoms with Crippen LogP contribution in [0.25, 0.3) is 0 Å². The first-order chi connectivity index (χ1) is 6.45. The highest BCUT2D eigenvalue weighted by molar-refractivity contribution is 4.77. The van der Waals surface area contributed by atoms with Gasteiger partial charge >= 0.3 is 0 Å². The van der Waals surface area contributed by atoms with Gasteiger partial charge in [0.2, 0.25) is 0 Å². The van der Waals surface area contributed by atoms with Gasteiger partial charge < -0.3 is 5.32 Å². The van der Waals surface area contributed by atoms with Gasteiger partial charge in [0.1, 0.15) is 0 Å². The fourth-order valence-corrected chi connectivity index (χ4v) is 2.06. The zero-order valence-corrected chi connectivity index (χ0v) is 8.34. The molecule has 3 nitrogen and oxygen atoms in total. The van der Waals surface area contributed by atoms with Gasteiger partial charge in [-0.3, -0.25) is 9.80 Å². The molecule has 0 aliphatic carbocycles. The van der Waals surface area contributed by atoms with Crippen molar-refractivity contribution in [3.8, 4) is 0 Å². The number of piperazine rings is 1. The van der Waals surface area contributed by atoms with E-state index in [9.17, 15) is 0 Å². The average molecular weight is 182 g/mol. The standard InChI is InChI=1S/C10H20N3/c1-2-6-12(7-3-1)10-13-8-4-11-5-9-13/h10-11H,1-9H2. The van der Waals surface area contributed by atoms with Gasteiger partial charge in [-0.05, 0) is 25.9 Å². The van der Waals surface area contributed by atoms with Crippen molar-refractivity contribution in [3.05, 3.63) is 6.67 Å². The first kappa shape index (κ1) is 9.44. The summed E-state index contributed by atoms with van der Waals surface area (Å²) in [7, 11) is 0. The maximum atomic E-state index is 3.37. The number of nitrogens with one attached hydrogen (secondary N) is 1. The molecule has 2 heterocycles. The molecule has 3 heteroatoms. The smallest absolute Gasteiger partial charge is 0.0922 e. The molecule has 0 aromatic heterocycles. The summed E-state index contributed by atoms with van der Waals surface area (Å²) in [5.41, 5.74) is 0. The Morgan fingerprint density at radius 3 is 2.08 bits per heavy atom. The molecule has 0 spiro atoms. The van der Waals surface area contributed by atoms with Crippen LogP contribution in [0.15, 0.2) is 0 Å². The summed E-state index contributed by atoms with van der Waals surface area (Å²) < 4.78 is 0. The van der Waals surface area contributed by atoms with Crippen molar-refractivity contribution in [3.63, 3.8) is 0 Å². The Morgan fingerprint density at radius 1 is 0.769 bits per heavy atom. The van der Waals surface area contributed by atoms with E-state index >= 15 is 0 Å². The summed E-state index contributed by atoms with van der Waals surface area (Å²) >= 11 is 0. The van der Waals surface area contributed by atoms with Crippen molar-refractivity contribution in [2.45, 2.75) is 19.3 Å². The summed E-state index contributed by atoms with van der Waals surface area (Å²) in [6.07, 6.45) is 4.18. The molecule has 75 valence electrons. The van der Waals surface area contributed by atoms with Crippen molar-refractivity contribution >= 4 is 0 Å². The Labute approximate surface area is 81.1 Å². The van der Waals surface area contributed by atoms with E-state index in [0.717, 1.165) is 13.1 Å². The van der Waals surface area contributed by atoms with Gasteiger partial charge in [0.15, 0.2) is 0 Å². The summed E-state index contributed by atoms with van der Waals surface area (Å²) in [6.45, 7) is 9.52. The first-order valence-corrected chi connectivity index (χ1v) is 5.49. The number of hydrogen-bond donors (Lipinski definition) is 1. The van der Waals surface area contributed by atoms with E-state index in [0.29, 0.717) is 0 Å². The van der Waals surface area contributed by atoms with Crippen LogP contribution in [0.3, 0.4) is 0 Å². The first-order valence-electron chi connectivity index (χ1n) is 5.49. The highest BCUT2D eigenvalue weighted by Crippen LogP contribution is 2.11. The molecular weight excluding hydrogens is 162 g/mol. The van der Waals surface area contributed by atoms with Crippen LogP contribution in [0.4, 0.5) is 0 Å². The third-order valence-corrected chi connectivity index (χ3v) is 2.87. The summed E-state index contributed by atoms with van der Waals surface area (Å²) in [6, 6.07) is 0. The lowest BCUT2D eigenvalue weighted by atomic mass is 10.1. The highest BCUT2D eigenvalue weighted by atomic mass is 15.3. The van der Waals surface area contributed by atoms with Crippen LogP contribution in [0.5, 0.6) is 0 Å². The fourth-order valence-electron chi connectivity index (χ4n) is 2.06. The van der Waals surface area contributed by atoms with Gasteiger partial charge in [-0.15, -0.1) is 0 Å². The lowest BCUT2D eigenvalue weighted by Gasteiger charge is -2.34. The molecule has 13 heavy (non-hydrogen) atoms. The largest absolute Gasteiger partial charge is 0.314 e. The molecular formula is C10H20N3. The molecule has 0 atom stereocenters. The van der Waals surface area contributed by atoms with E-state index in [2.05, 4.69) is 21.8 Å². The number of hydrogen-bond acceptors (Lipinski definition) is 3. The van der Waals surface area contributed by atoms with E-state index in [4.69, 9.17) is 0 Å². The second kappa shape index (κ2) is 4.94. The molecule has 0 aromatic carbocycles. The van der Waals surface area contributed by atoms with Gasteiger partial charge in [0.05, 0.1) is 6.67 Å². The number of rotatable bonds is 2. The monoisotopic (exact) mass is 182 g/mol. The lowest BCUT2D eigenvalue weighted by molar-refractivity contribution is 0.162. The van der Waals surface area contributed by atoms with Crippen molar-refractivity contribution in [2.75, 3.05) is 39.3 Å². The summed E-state index contributed by atoms with van der Waals surface area (Å²) in [5, 5.41) is 3.37. The average Bonchev–Trinajstić information content (AvgIpc) is 2.21. The van der Waals surface area contributed by atoms with Gasteiger partial charge in [0.25, 0.3) is 0 Å². The van der Waals surface area contributed by atoms with Crippen LogP contribution in [0.1, 0.15) is 19.3 Å². The Morgan fingerprint density at radius 2 is 1.38 bits per heavy atom. The van der Waals surface area contributed by atoms with Crippen molar-refractivity contribution in [2.24, 2.45) is 0 Å². The quantitative estimate of drug-likeness (QED) is 0.671. The maximum absolute atomic E-state index is 3.37. The molecule has 0 saturated carbocycles. The molecule has 2 rings (SSSR count). The van der Waals surface area contributed by atoms with Crippen LogP contribution >= 0.6 is 0 Å². The van der Waals surface area contributed by atoms with E-state index in [1.165, 1.54) is 45.4 Å². The Balaban J connectivity index is 1.69. The molecule has 0 amide bonds. The van der Waals surface area contributed by atoms with Crippen molar-refractivity contribution in [1.29, 1.82) is 0 Å². The zero-order valence-electron chi connectivity index (χ0n) is 8.34. The Bertz CT molecular complexity index is 121. The SMILES string of the molecule is [CH](N1CCCCC1)N1CCNCC1. The van der Waals surface area contributed by atoms with Gasteiger partial charge in [-0.25, -0.2) is 0 Å².